The first-order valence-electron chi connectivity index (χ1n) is 9.81. The highest BCUT2D eigenvalue weighted by Gasteiger charge is 2.39. The largest absolute Gasteiger partial charge is 0.488 e. The standard InChI is InChI=1S/C22H26N4O3/c1-21(2)13-16(14-22(3,4)24-21)28-18-12-8-11-17-19(18)23-25-26(17)29-20(27)15-9-6-5-7-10-15/h5-12,16,24H,13-14H2,1-4H3. The lowest BCUT2D eigenvalue weighted by Crippen LogP contribution is -2.60. The molecule has 0 amide bonds. The van der Waals surface area contributed by atoms with Gasteiger partial charge < -0.3 is 14.9 Å². The summed E-state index contributed by atoms with van der Waals surface area (Å²) in [7, 11) is 0. The summed E-state index contributed by atoms with van der Waals surface area (Å²) in [4.78, 5) is 18.9. The van der Waals surface area contributed by atoms with Crippen molar-refractivity contribution in [3.63, 3.8) is 0 Å². The molecule has 0 spiro atoms. The van der Waals surface area contributed by atoms with E-state index < -0.39 is 5.97 Å². The molecule has 1 fully saturated rings. The van der Waals surface area contributed by atoms with Crippen molar-refractivity contribution < 1.29 is 14.4 Å². The molecule has 2 heterocycles. The molecule has 0 bridgehead atoms. The summed E-state index contributed by atoms with van der Waals surface area (Å²) in [5.41, 5.74) is 1.55. The van der Waals surface area contributed by atoms with Crippen LogP contribution in [0.25, 0.3) is 11.0 Å². The third kappa shape index (κ3) is 4.24. The van der Waals surface area contributed by atoms with Crippen LogP contribution < -0.4 is 14.9 Å². The molecule has 0 radical (unpaired) electrons. The number of benzene rings is 2. The summed E-state index contributed by atoms with van der Waals surface area (Å²) in [5, 5.41) is 11.9. The zero-order valence-electron chi connectivity index (χ0n) is 17.2. The molecule has 0 atom stereocenters. The summed E-state index contributed by atoms with van der Waals surface area (Å²) >= 11 is 0. The van der Waals surface area contributed by atoms with Crippen molar-refractivity contribution in [2.24, 2.45) is 0 Å². The van der Waals surface area contributed by atoms with E-state index in [2.05, 4.69) is 43.3 Å². The Morgan fingerprint density at radius 1 is 1.03 bits per heavy atom. The highest BCUT2D eigenvalue weighted by atomic mass is 16.7. The molecular weight excluding hydrogens is 368 g/mol. The van der Waals surface area contributed by atoms with Crippen molar-refractivity contribution in [2.75, 3.05) is 0 Å². The van der Waals surface area contributed by atoms with Gasteiger partial charge in [-0.25, -0.2) is 4.79 Å². The van der Waals surface area contributed by atoms with Crippen molar-refractivity contribution in [3.8, 4) is 5.75 Å². The van der Waals surface area contributed by atoms with Crippen LogP contribution in [0.1, 0.15) is 50.9 Å². The van der Waals surface area contributed by atoms with Gasteiger partial charge in [-0.15, -0.1) is 5.10 Å². The maximum Gasteiger partial charge on any atom is 0.365 e. The van der Waals surface area contributed by atoms with Gasteiger partial charge in [-0.3, -0.25) is 0 Å². The minimum Gasteiger partial charge on any atom is -0.488 e. The third-order valence-corrected chi connectivity index (χ3v) is 5.03. The summed E-state index contributed by atoms with van der Waals surface area (Å²) in [6, 6.07) is 14.3. The van der Waals surface area contributed by atoms with Crippen LogP contribution in [0.15, 0.2) is 48.5 Å². The van der Waals surface area contributed by atoms with Gasteiger partial charge >= 0.3 is 5.97 Å². The fourth-order valence-corrected chi connectivity index (χ4v) is 4.26. The number of carbonyl (C=O) groups is 1. The molecule has 1 aromatic heterocycles. The third-order valence-electron chi connectivity index (χ3n) is 5.03. The number of nitrogens with one attached hydrogen (secondary N) is 1. The normalized spacial score (nSPS) is 18.5. The molecule has 1 aliphatic rings. The molecule has 0 unspecified atom stereocenters. The predicted molar refractivity (Wildman–Crippen MR) is 110 cm³/mol. The first kappa shape index (κ1) is 19.4. The van der Waals surface area contributed by atoms with Crippen molar-refractivity contribution in [3.05, 3.63) is 54.1 Å². The van der Waals surface area contributed by atoms with Crippen LogP contribution in [-0.2, 0) is 0 Å². The summed E-state index contributed by atoms with van der Waals surface area (Å²) < 4.78 is 6.35. The molecule has 0 aliphatic carbocycles. The number of hydrogen-bond donors (Lipinski definition) is 1. The monoisotopic (exact) mass is 394 g/mol. The van der Waals surface area contributed by atoms with Crippen molar-refractivity contribution in [1.82, 2.24) is 20.5 Å². The SMILES string of the molecule is CC1(C)CC(Oc2cccc3c2nnn3OC(=O)c2ccccc2)CC(C)(C)N1. The van der Waals surface area contributed by atoms with Crippen LogP contribution in [0.3, 0.4) is 0 Å². The van der Waals surface area contributed by atoms with Crippen LogP contribution in [0.5, 0.6) is 5.75 Å². The average Bonchev–Trinajstić information content (AvgIpc) is 3.04. The molecule has 7 heteroatoms. The lowest BCUT2D eigenvalue weighted by atomic mass is 9.81. The van der Waals surface area contributed by atoms with Crippen molar-refractivity contribution >= 4 is 17.0 Å². The highest BCUT2D eigenvalue weighted by Crippen LogP contribution is 2.33. The molecule has 1 aliphatic heterocycles. The Morgan fingerprint density at radius 2 is 1.72 bits per heavy atom. The van der Waals surface area contributed by atoms with Gasteiger partial charge in [0.2, 0.25) is 0 Å². The van der Waals surface area contributed by atoms with E-state index in [-0.39, 0.29) is 17.2 Å². The maximum absolute atomic E-state index is 12.4. The number of aromatic nitrogens is 3. The molecule has 29 heavy (non-hydrogen) atoms. The molecule has 1 saturated heterocycles. The van der Waals surface area contributed by atoms with E-state index in [0.29, 0.717) is 22.3 Å². The zero-order valence-corrected chi connectivity index (χ0v) is 17.2. The second kappa shape index (κ2) is 7.15. The summed E-state index contributed by atoms with van der Waals surface area (Å²) in [5.74, 6) is 0.147. The minimum absolute atomic E-state index is 0.0247. The van der Waals surface area contributed by atoms with E-state index in [0.717, 1.165) is 17.7 Å². The lowest BCUT2D eigenvalue weighted by Gasteiger charge is -2.46. The molecule has 3 aromatic rings. The van der Waals surface area contributed by atoms with Crippen LogP contribution in [-0.4, -0.2) is 38.3 Å². The Labute approximate surface area is 170 Å². The molecule has 1 N–H and O–H groups in total. The fraction of sp³-hybridized carbons (Fsp3) is 0.409. The van der Waals surface area contributed by atoms with Gasteiger partial charge in [-0.05, 0) is 57.2 Å². The van der Waals surface area contributed by atoms with Crippen molar-refractivity contribution in [2.45, 2.75) is 57.7 Å². The van der Waals surface area contributed by atoms with E-state index >= 15 is 0 Å². The number of nitrogens with zero attached hydrogens (tertiary/aromatic N) is 3. The zero-order chi connectivity index (χ0) is 20.6. The Hall–Kier alpha value is -2.93. The van der Waals surface area contributed by atoms with Crippen LogP contribution in [0.4, 0.5) is 0 Å². The van der Waals surface area contributed by atoms with Gasteiger partial charge in [0, 0.05) is 23.9 Å². The first-order chi connectivity index (χ1) is 13.7. The van der Waals surface area contributed by atoms with Gasteiger partial charge in [-0.1, -0.05) is 29.1 Å². The Bertz CT molecular complexity index is 1010. The predicted octanol–water partition coefficient (Wildman–Crippen LogP) is 3.39. The lowest BCUT2D eigenvalue weighted by molar-refractivity contribution is 0.0408. The summed E-state index contributed by atoms with van der Waals surface area (Å²) in [6.45, 7) is 8.74. The highest BCUT2D eigenvalue weighted by molar-refractivity contribution is 5.90. The Balaban J connectivity index is 1.57. The number of hydrogen-bond acceptors (Lipinski definition) is 6. The summed E-state index contributed by atoms with van der Waals surface area (Å²) in [6.07, 6.45) is 1.80. The van der Waals surface area contributed by atoms with E-state index in [1.807, 2.05) is 18.2 Å². The second-order valence-corrected chi connectivity index (χ2v) is 8.87. The van der Waals surface area contributed by atoms with E-state index in [1.54, 1.807) is 30.3 Å². The van der Waals surface area contributed by atoms with Crippen LogP contribution >= 0.6 is 0 Å². The smallest absolute Gasteiger partial charge is 0.365 e. The average molecular weight is 394 g/mol. The van der Waals surface area contributed by atoms with Gasteiger partial charge in [0.15, 0.2) is 5.52 Å². The van der Waals surface area contributed by atoms with Crippen LogP contribution in [0.2, 0.25) is 0 Å². The first-order valence-corrected chi connectivity index (χ1v) is 9.81. The molecular formula is C22H26N4O3. The van der Waals surface area contributed by atoms with Gasteiger partial charge in [0.1, 0.15) is 17.4 Å². The molecule has 2 aromatic carbocycles. The fourth-order valence-electron chi connectivity index (χ4n) is 4.26. The minimum atomic E-state index is -0.495. The Morgan fingerprint density at radius 3 is 2.41 bits per heavy atom. The number of piperidine rings is 1. The Kier molecular flexibility index (Phi) is 4.78. The van der Waals surface area contributed by atoms with Crippen molar-refractivity contribution in [1.29, 1.82) is 0 Å². The van der Waals surface area contributed by atoms with E-state index in [9.17, 15) is 4.79 Å². The molecule has 7 nitrogen and oxygen atoms in total. The van der Waals surface area contributed by atoms with E-state index in [4.69, 9.17) is 9.57 Å². The van der Waals surface area contributed by atoms with Gasteiger partial charge in [0.05, 0.1) is 5.56 Å². The van der Waals surface area contributed by atoms with Gasteiger partial charge in [-0.2, -0.15) is 0 Å². The topological polar surface area (TPSA) is 78.3 Å². The van der Waals surface area contributed by atoms with E-state index in [1.165, 1.54) is 0 Å². The van der Waals surface area contributed by atoms with Gasteiger partial charge in [0.25, 0.3) is 0 Å². The molecule has 0 saturated carbocycles. The van der Waals surface area contributed by atoms with Crippen LogP contribution in [0, 0.1) is 0 Å². The number of rotatable bonds is 4. The number of fused-ring (bicyclic) bond motifs is 1. The maximum atomic E-state index is 12.4. The quantitative estimate of drug-likeness (QED) is 0.684. The number of carbonyl (C=O) groups excluding carboxylic acids is 1. The molecule has 152 valence electrons. The second-order valence-electron chi connectivity index (χ2n) is 8.87. The molecule has 4 rings (SSSR count). The number of ether oxygens (including phenoxy) is 1.